The largest absolute Gasteiger partial charge is 0.309 e. The summed E-state index contributed by atoms with van der Waals surface area (Å²) in [5.74, 6) is 0. The van der Waals surface area contributed by atoms with Crippen LogP contribution in [0.2, 0.25) is 6.82 Å². The Labute approximate surface area is 198 Å². The van der Waals surface area contributed by atoms with Crippen LogP contribution in [0.25, 0.3) is 55.0 Å². The third-order valence-corrected chi connectivity index (χ3v) is 7.05. The number of hydrogen-bond donors (Lipinski definition) is 0. The lowest BCUT2D eigenvalue weighted by Crippen LogP contribution is -2.14. The van der Waals surface area contributed by atoms with Crippen molar-refractivity contribution in [1.29, 1.82) is 0 Å². The van der Waals surface area contributed by atoms with E-state index in [1.165, 1.54) is 60.4 Å². The van der Waals surface area contributed by atoms with Gasteiger partial charge in [-0.2, -0.15) is 0 Å². The number of rotatable bonds is 3. The highest BCUT2D eigenvalue weighted by atomic mass is 15.0. The lowest BCUT2D eigenvalue weighted by atomic mass is 9.73. The summed E-state index contributed by atoms with van der Waals surface area (Å²) in [6.45, 7) is 2.24. The third kappa shape index (κ3) is 2.70. The zero-order valence-corrected chi connectivity index (χ0v) is 19.1. The van der Waals surface area contributed by atoms with Crippen molar-refractivity contribution in [3.8, 4) is 11.4 Å². The van der Waals surface area contributed by atoms with E-state index in [0.29, 0.717) is 0 Å². The number of fused-ring (bicyclic) bond motifs is 6. The molecule has 0 N–H and O–H groups in total. The molecule has 2 nitrogen and oxygen atoms in total. The molecule has 5 aromatic carbocycles. The zero-order valence-electron chi connectivity index (χ0n) is 19.1. The fourth-order valence-corrected chi connectivity index (χ4v) is 5.52. The Hall–Kier alpha value is -4.24. The fraction of sp³-hybridized carbons (Fsp3) is 0.0323. The summed E-state index contributed by atoms with van der Waals surface area (Å²) in [6.07, 6.45) is 0. The summed E-state index contributed by atoms with van der Waals surface area (Å²) in [6, 6.07) is 41.9. The molecule has 3 heteroatoms. The summed E-state index contributed by atoms with van der Waals surface area (Å²) in [4.78, 5) is 0. The van der Waals surface area contributed by atoms with Crippen molar-refractivity contribution in [2.45, 2.75) is 6.82 Å². The molecule has 0 bridgehead atoms. The van der Waals surface area contributed by atoms with E-state index in [1.54, 1.807) is 0 Å². The van der Waals surface area contributed by atoms with Gasteiger partial charge in [0.05, 0.1) is 22.1 Å². The lowest BCUT2D eigenvalue weighted by Gasteiger charge is -2.15. The van der Waals surface area contributed by atoms with E-state index < -0.39 is 0 Å². The van der Waals surface area contributed by atoms with Gasteiger partial charge in [-0.3, -0.25) is 0 Å². The molecular formula is C31H23BN2. The van der Waals surface area contributed by atoms with Gasteiger partial charge in [0.2, 0.25) is 0 Å². The van der Waals surface area contributed by atoms with Crippen LogP contribution in [-0.2, 0) is 0 Å². The molecule has 0 radical (unpaired) electrons. The first kappa shape index (κ1) is 19.3. The summed E-state index contributed by atoms with van der Waals surface area (Å²) >= 11 is 0. The second kappa shape index (κ2) is 7.39. The monoisotopic (exact) mass is 434 g/mol. The SMILES string of the molecule is CBc1cc(-n2c3ccccc3c3ccccc32)cc(-n2c3ccccc3c3ccccc32)c1. The van der Waals surface area contributed by atoms with Gasteiger partial charge in [0.15, 0.2) is 7.28 Å². The van der Waals surface area contributed by atoms with Gasteiger partial charge >= 0.3 is 0 Å². The van der Waals surface area contributed by atoms with Crippen molar-refractivity contribution < 1.29 is 0 Å². The molecule has 0 atom stereocenters. The maximum absolute atomic E-state index is 2.42. The smallest absolute Gasteiger partial charge is 0.154 e. The van der Waals surface area contributed by atoms with Crippen molar-refractivity contribution in [1.82, 2.24) is 9.13 Å². The molecule has 0 aliphatic carbocycles. The first-order chi connectivity index (χ1) is 16.8. The van der Waals surface area contributed by atoms with E-state index in [-0.39, 0.29) is 0 Å². The molecule has 0 amide bonds. The average molecular weight is 434 g/mol. The first-order valence-electron chi connectivity index (χ1n) is 11.9. The summed E-state index contributed by atoms with van der Waals surface area (Å²) in [7, 11) is 0.981. The van der Waals surface area contributed by atoms with E-state index in [9.17, 15) is 0 Å². The molecule has 7 rings (SSSR count). The highest BCUT2D eigenvalue weighted by Gasteiger charge is 2.16. The minimum atomic E-state index is 0.981. The third-order valence-electron chi connectivity index (χ3n) is 7.05. The van der Waals surface area contributed by atoms with Crippen LogP contribution in [0, 0.1) is 0 Å². The zero-order chi connectivity index (χ0) is 22.6. The van der Waals surface area contributed by atoms with Crippen LogP contribution in [0.15, 0.2) is 115 Å². The molecule has 0 fully saturated rings. The molecule has 2 heterocycles. The van der Waals surface area contributed by atoms with Gasteiger partial charge in [-0.05, 0) is 42.5 Å². The Morgan fingerprint density at radius 3 is 1.09 bits per heavy atom. The number of nitrogens with zero attached hydrogens (tertiary/aromatic N) is 2. The van der Waals surface area contributed by atoms with Crippen LogP contribution in [0.3, 0.4) is 0 Å². The molecule has 34 heavy (non-hydrogen) atoms. The van der Waals surface area contributed by atoms with E-state index >= 15 is 0 Å². The Morgan fingerprint density at radius 2 is 0.765 bits per heavy atom. The van der Waals surface area contributed by atoms with Crippen LogP contribution in [0.1, 0.15) is 0 Å². The molecule has 0 saturated heterocycles. The number of aromatic nitrogens is 2. The van der Waals surface area contributed by atoms with Crippen LogP contribution in [0.5, 0.6) is 0 Å². The standard InChI is InChI=1S/C31H23BN2/c1-32-21-18-22(33-28-14-6-2-10-24(28)25-11-3-7-15-29(25)33)20-23(19-21)34-30-16-8-4-12-26(30)27-13-5-9-17-31(27)34/h2-20,32H,1H3. The summed E-state index contributed by atoms with van der Waals surface area (Å²) in [5, 5.41) is 5.16. The molecule has 160 valence electrons. The van der Waals surface area contributed by atoms with Crippen LogP contribution >= 0.6 is 0 Å². The average Bonchev–Trinajstić information content (AvgIpc) is 3.42. The number of benzene rings is 5. The van der Waals surface area contributed by atoms with Crippen molar-refractivity contribution in [2.24, 2.45) is 0 Å². The van der Waals surface area contributed by atoms with E-state index in [1.807, 2.05) is 0 Å². The molecule has 0 unspecified atom stereocenters. The van der Waals surface area contributed by atoms with Crippen molar-refractivity contribution >= 4 is 56.4 Å². The van der Waals surface area contributed by atoms with E-state index in [2.05, 4.69) is 131 Å². The Balaban J connectivity index is 1.59. The Bertz CT molecular complexity index is 1620. The minimum Gasteiger partial charge on any atom is -0.309 e. The second-order valence-corrected chi connectivity index (χ2v) is 8.95. The fourth-order valence-electron chi connectivity index (χ4n) is 5.52. The minimum absolute atomic E-state index is 0.981. The quantitative estimate of drug-likeness (QED) is 0.265. The molecule has 0 aliphatic heterocycles. The maximum atomic E-state index is 2.42. The molecular weight excluding hydrogens is 411 g/mol. The second-order valence-electron chi connectivity index (χ2n) is 8.95. The predicted octanol–water partition coefficient (Wildman–Crippen LogP) is 6.99. The summed E-state index contributed by atoms with van der Waals surface area (Å²) < 4.78 is 4.84. The maximum Gasteiger partial charge on any atom is 0.154 e. The van der Waals surface area contributed by atoms with Crippen LogP contribution in [0.4, 0.5) is 0 Å². The van der Waals surface area contributed by atoms with Gasteiger partial charge in [-0.25, -0.2) is 0 Å². The van der Waals surface area contributed by atoms with Gasteiger partial charge in [-0.15, -0.1) is 0 Å². The topological polar surface area (TPSA) is 9.86 Å². The van der Waals surface area contributed by atoms with E-state index in [4.69, 9.17) is 0 Å². The van der Waals surface area contributed by atoms with Crippen LogP contribution < -0.4 is 5.46 Å². The number of para-hydroxylation sites is 4. The van der Waals surface area contributed by atoms with Crippen molar-refractivity contribution in [3.05, 3.63) is 115 Å². The molecule has 7 aromatic rings. The molecule has 2 aromatic heterocycles. The summed E-state index contributed by atoms with van der Waals surface area (Å²) in [5.41, 5.74) is 8.70. The highest BCUT2D eigenvalue weighted by Crippen LogP contribution is 2.34. The normalized spacial score (nSPS) is 11.7. The number of hydrogen-bond acceptors (Lipinski definition) is 0. The highest BCUT2D eigenvalue weighted by molar-refractivity contribution is 6.52. The Morgan fingerprint density at radius 1 is 0.441 bits per heavy atom. The van der Waals surface area contributed by atoms with Gasteiger partial charge in [0.25, 0.3) is 0 Å². The molecule has 0 saturated carbocycles. The molecule has 0 aliphatic rings. The van der Waals surface area contributed by atoms with Gasteiger partial charge < -0.3 is 9.13 Å². The Kier molecular flexibility index (Phi) is 4.19. The lowest BCUT2D eigenvalue weighted by molar-refractivity contribution is 1.14. The van der Waals surface area contributed by atoms with Gasteiger partial charge in [0.1, 0.15) is 0 Å². The van der Waals surface area contributed by atoms with Crippen LogP contribution in [-0.4, -0.2) is 16.4 Å². The molecule has 0 spiro atoms. The van der Waals surface area contributed by atoms with Crippen molar-refractivity contribution in [3.63, 3.8) is 0 Å². The van der Waals surface area contributed by atoms with E-state index in [0.717, 1.165) is 7.28 Å². The van der Waals surface area contributed by atoms with Gasteiger partial charge in [-0.1, -0.05) is 85.1 Å². The van der Waals surface area contributed by atoms with Gasteiger partial charge in [0, 0.05) is 32.9 Å². The van der Waals surface area contributed by atoms with Crippen molar-refractivity contribution in [2.75, 3.05) is 0 Å². The predicted molar refractivity (Wildman–Crippen MR) is 148 cm³/mol. The first-order valence-corrected chi connectivity index (χ1v) is 11.9.